The van der Waals surface area contributed by atoms with E-state index < -0.39 is 0 Å². The maximum absolute atomic E-state index is 5.89. The zero-order chi connectivity index (χ0) is 11.8. The molecular weight excluding hydrogens is 243 g/mol. The quantitative estimate of drug-likeness (QED) is 0.695. The average Bonchev–Trinajstić information content (AvgIpc) is 2.15. The van der Waals surface area contributed by atoms with Crippen molar-refractivity contribution in [2.45, 2.75) is 45.4 Å². The predicted octanol–water partition coefficient (Wildman–Crippen LogP) is 4.47. The van der Waals surface area contributed by atoms with Crippen molar-refractivity contribution in [2.75, 3.05) is 0 Å². The van der Waals surface area contributed by atoms with E-state index in [1.165, 1.54) is 12.8 Å². The summed E-state index contributed by atoms with van der Waals surface area (Å²) in [5.41, 5.74) is 0.457. The number of rotatable bonds is 1. The second-order valence-corrected chi connectivity index (χ2v) is 6.08. The molecule has 2 nitrogen and oxygen atoms in total. The molecule has 1 saturated carbocycles. The lowest BCUT2D eigenvalue weighted by molar-refractivity contribution is 0.221. The standard InChI is InChI=1S/C12H16Cl2N2/c1-12(2)5-3-8(4-6-12)11-15-9(13)7-10(14)16-11/h7-8H,3-6H2,1-2H3. The Kier molecular flexibility index (Phi) is 3.41. The van der Waals surface area contributed by atoms with Crippen LogP contribution in [0.2, 0.25) is 10.3 Å². The number of nitrogens with zero attached hydrogens (tertiary/aromatic N) is 2. The second-order valence-electron chi connectivity index (χ2n) is 5.31. The first-order valence-electron chi connectivity index (χ1n) is 5.66. The van der Waals surface area contributed by atoms with Gasteiger partial charge in [0.05, 0.1) is 0 Å². The maximum atomic E-state index is 5.89. The Hall–Kier alpha value is -0.340. The van der Waals surface area contributed by atoms with Crippen molar-refractivity contribution >= 4 is 23.2 Å². The molecule has 1 aliphatic rings. The van der Waals surface area contributed by atoms with E-state index in [-0.39, 0.29) is 0 Å². The first kappa shape index (κ1) is 12.1. The highest BCUT2D eigenvalue weighted by molar-refractivity contribution is 6.33. The third-order valence-corrected chi connectivity index (χ3v) is 3.77. The van der Waals surface area contributed by atoms with E-state index in [0.717, 1.165) is 18.7 Å². The fourth-order valence-electron chi connectivity index (χ4n) is 2.25. The highest BCUT2D eigenvalue weighted by Crippen LogP contribution is 2.41. The van der Waals surface area contributed by atoms with Crippen molar-refractivity contribution in [1.29, 1.82) is 0 Å². The molecule has 88 valence electrons. The summed E-state index contributed by atoms with van der Waals surface area (Å²) in [6, 6.07) is 1.58. The largest absolute Gasteiger partial charge is 0.221 e. The van der Waals surface area contributed by atoms with Crippen LogP contribution in [0.1, 0.15) is 51.3 Å². The first-order valence-corrected chi connectivity index (χ1v) is 6.42. The monoisotopic (exact) mass is 258 g/mol. The molecule has 0 unspecified atom stereocenters. The van der Waals surface area contributed by atoms with Crippen LogP contribution in [0.4, 0.5) is 0 Å². The molecule has 1 aromatic heterocycles. The molecule has 1 aliphatic carbocycles. The Labute approximate surface area is 106 Å². The summed E-state index contributed by atoms with van der Waals surface area (Å²) >= 11 is 11.8. The van der Waals surface area contributed by atoms with Crippen molar-refractivity contribution in [2.24, 2.45) is 5.41 Å². The predicted molar refractivity (Wildman–Crippen MR) is 67.0 cm³/mol. The minimum absolute atomic E-state index is 0.421. The average molecular weight is 259 g/mol. The number of hydrogen-bond donors (Lipinski definition) is 0. The summed E-state index contributed by atoms with van der Waals surface area (Å²) in [6.45, 7) is 4.63. The van der Waals surface area contributed by atoms with Gasteiger partial charge in [-0.3, -0.25) is 0 Å². The summed E-state index contributed by atoms with van der Waals surface area (Å²) in [7, 11) is 0. The van der Waals surface area contributed by atoms with E-state index in [2.05, 4.69) is 23.8 Å². The van der Waals surface area contributed by atoms with Gasteiger partial charge in [-0.15, -0.1) is 0 Å². The Morgan fingerprint density at radius 2 is 1.62 bits per heavy atom. The van der Waals surface area contributed by atoms with Crippen LogP contribution in [-0.4, -0.2) is 9.97 Å². The molecule has 16 heavy (non-hydrogen) atoms. The molecule has 0 atom stereocenters. The molecule has 0 aliphatic heterocycles. The molecule has 0 radical (unpaired) electrons. The van der Waals surface area contributed by atoms with E-state index in [4.69, 9.17) is 23.2 Å². The van der Waals surface area contributed by atoms with Crippen LogP contribution < -0.4 is 0 Å². The fraction of sp³-hybridized carbons (Fsp3) is 0.667. The van der Waals surface area contributed by atoms with Crippen LogP contribution in [0.5, 0.6) is 0 Å². The Balaban J connectivity index is 2.14. The molecule has 2 rings (SSSR count). The number of aromatic nitrogens is 2. The van der Waals surface area contributed by atoms with Crippen molar-refractivity contribution in [3.63, 3.8) is 0 Å². The van der Waals surface area contributed by atoms with Crippen LogP contribution in [0.25, 0.3) is 0 Å². The molecule has 0 amide bonds. The minimum Gasteiger partial charge on any atom is -0.221 e. The van der Waals surface area contributed by atoms with Crippen LogP contribution in [0, 0.1) is 5.41 Å². The van der Waals surface area contributed by atoms with Gasteiger partial charge in [0.15, 0.2) is 0 Å². The second kappa shape index (κ2) is 4.50. The van der Waals surface area contributed by atoms with E-state index in [0.29, 0.717) is 21.6 Å². The summed E-state index contributed by atoms with van der Waals surface area (Å²) in [5, 5.41) is 0.889. The zero-order valence-corrected chi connectivity index (χ0v) is 11.1. The summed E-state index contributed by atoms with van der Waals surface area (Å²) in [4.78, 5) is 8.55. The Morgan fingerprint density at radius 3 is 2.12 bits per heavy atom. The van der Waals surface area contributed by atoms with Gasteiger partial charge in [-0.25, -0.2) is 9.97 Å². The summed E-state index contributed by atoms with van der Waals surface area (Å²) < 4.78 is 0. The molecule has 0 aromatic carbocycles. The van der Waals surface area contributed by atoms with E-state index in [9.17, 15) is 0 Å². The van der Waals surface area contributed by atoms with Gasteiger partial charge in [-0.2, -0.15) is 0 Å². The van der Waals surface area contributed by atoms with Gasteiger partial charge in [-0.05, 0) is 31.1 Å². The topological polar surface area (TPSA) is 25.8 Å². The van der Waals surface area contributed by atoms with Crippen LogP contribution in [0.3, 0.4) is 0 Å². The van der Waals surface area contributed by atoms with Gasteiger partial charge in [0.1, 0.15) is 16.1 Å². The third-order valence-electron chi connectivity index (χ3n) is 3.39. The van der Waals surface area contributed by atoms with Gasteiger partial charge < -0.3 is 0 Å². The highest BCUT2D eigenvalue weighted by Gasteiger charge is 2.29. The Bertz CT molecular complexity index is 360. The first-order chi connectivity index (χ1) is 7.46. The van der Waals surface area contributed by atoms with Gasteiger partial charge in [-0.1, -0.05) is 37.0 Å². The lowest BCUT2D eigenvalue weighted by atomic mass is 9.73. The van der Waals surface area contributed by atoms with E-state index >= 15 is 0 Å². The van der Waals surface area contributed by atoms with Gasteiger partial charge >= 0.3 is 0 Å². The molecule has 0 N–H and O–H groups in total. The Morgan fingerprint density at radius 1 is 1.12 bits per heavy atom. The molecular formula is C12H16Cl2N2. The fourth-order valence-corrected chi connectivity index (χ4v) is 2.68. The van der Waals surface area contributed by atoms with E-state index in [1.807, 2.05) is 0 Å². The lowest BCUT2D eigenvalue weighted by Crippen LogP contribution is -2.21. The minimum atomic E-state index is 0.421. The van der Waals surface area contributed by atoms with Gasteiger partial charge in [0.25, 0.3) is 0 Å². The van der Waals surface area contributed by atoms with Gasteiger partial charge in [0, 0.05) is 12.0 Å². The SMILES string of the molecule is CC1(C)CCC(c2nc(Cl)cc(Cl)n2)CC1. The third kappa shape index (κ3) is 2.86. The normalized spacial score (nSPS) is 21.0. The molecule has 0 bridgehead atoms. The molecule has 1 heterocycles. The van der Waals surface area contributed by atoms with E-state index in [1.54, 1.807) is 6.07 Å². The zero-order valence-electron chi connectivity index (χ0n) is 9.63. The number of hydrogen-bond acceptors (Lipinski definition) is 2. The van der Waals surface area contributed by atoms with Crippen molar-refractivity contribution < 1.29 is 0 Å². The van der Waals surface area contributed by atoms with Crippen molar-refractivity contribution in [1.82, 2.24) is 9.97 Å². The molecule has 4 heteroatoms. The van der Waals surface area contributed by atoms with Gasteiger partial charge in [0.2, 0.25) is 0 Å². The molecule has 1 fully saturated rings. The van der Waals surface area contributed by atoms with Crippen LogP contribution in [-0.2, 0) is 0 Å². The van der Waals surface area contributed by atoms with Crippen molar-refractivity contribution in [3.05, 3.63) is 22.2 Å². The van der Waals surface area contributed by atoms with Crippen molar-refractivity contribution in [3.8, 4) is 0 Å². The molecule has 1 aromatic rings. The maximum Gasteiger partial charge on any atom is 0.134 e. The summed E-state index contributed by atoms with van der Waals surface area (Å²) in [5.74, 6) is 1.23. The number of halogens is 2. The highest BCUT2D eigenvalue weighted by atomic mass is 35.5. The summed E-state index contributed by atoms with van der Waals surface area (Å²) in [6.07, 6.45) is 4.68. The van der Waals surface area contributed by atoms with Crippen LogP contribution in [0.15, 0.2) is 6.07 Å². The van der Waals surface area contributed by atoms with Crippen LogP contribution >= 0.6 is 23.2 Å². The molecule has 0 spiro atoms. The lowest BCUT2D eigenvalue weighted by Gasteiger charge is -2.33. The smallest absolute Gasteiger partial charge is 0.134 e. The molecule has 0 saturated heterocycles.